The van der Waals surface area contributed by atoms with E-state index in [4.69, 9.17) is 0 Å². The Balaban J connectivity index is 1.87. The van der Waals surface area contributed by atoms with E-state index in [1.54, 1.807) is 11.8 Å². The van der Waals surface area contributed by atoms with Gasteiger partial charge in [-0.05, 0) is 29.8 Å². The average molecular weight is 374 g/mol. The third-order valence-corrected chi connectivity index (χ3v) is 4.78. The lowest BCUT2D eigenvalue weighted by Gasteiger charge is -2.09. The van der Waals surface area contributed by atoms with Crippen LogP contribution in [0.4, 0.5) is 0 Å². The zero-order valence-corrected chi connectivity index (χ0v) is 14.6. The maximum Gasteiger partial charge on any atom is 0.196 e. The Morgan fingerprint density at radius 2 is 1.86 bits per heavy atom. The fraction of sp³-hybridized carbons (Fsp3) is 0.176. The molecule has 3 rings (SSSR count). The molecule has 112 valence electrons. The number of thioether (sulfide) groups is 1. The van der Waals surface area contributed by atoms with Gasteiger partial charge in [0.05, 0.1) is 0 Å². The van der Waals surface area contributed by atoms with E-state index in [0.29, 0.717) is 0 Å². The summed E-state index contributed by atoms with van der Waals surface area (Å²) < 4.78 is 3.24. The van der Waals surface area contributed by atoms with E-state index >= 15 is 0 Å². The molecule has 0 amide bonds. The molecule has 0 bridgehead atoms. The van der Waals surface area contributed by atoms with Gasteiger partial charge in [0.1, 0.15) is 5.82 Å². The minimum atomic E-state index is 0.860. The summed E-state index contributed by atoms with van der Waals surface area (Å²) >= 11 is 5.22. The Labute approximate surface area is 142 Å². The molecule has 0 N–H and O–H groups in total. The van der Waals surface area contributed by atoms with Gasteiger partial charge in [0, 0.05) is 22.3 Å². The van der Waals surface area contributed by atoms with E-state index in [-0.39, 0.29) is 0 Å². The number of nitrogens with zero attached hydrogens (tertiary/aromatic N) is 3. The molecule has 0 saturated heterocycles. The lowest BCUT2D eigenvalue weighted by molar-refractivity contribution is 0.836. The summed E-state index contributed by atoms with van der Waals surface area (Å²) in [5.41, 5.74) is 2.38. The zero-order chi connectivity index (χ0) is 15.4. The van der Waals surface area contributed by atoms with Crippen molar-refractivity contribution in [2.45, 2.75) is 24.3 Å². The monoisotopic (exact) mass is 373 g/mol. The van der Waals surface area contributed by atoms with Gasteiger partial charge in [-0.1, -0.05) is 64.9 Å². The Hall–Kier alpha value is -1.59. The van der Waals surface area contributed by atoms with Crippen LogP contribution in [0.3, 0.4) is 0 Å². The fourth-order valence-corrected chi connectivity index (χ4v) is 3.59. The van der Waals surface area contributed by atoms with Crippen LogP contribution in [0.1, 0.15) is 18.3 Å². The molecule has 1 aromatic heterocycles. The van der Waals surface area contributed by atoms with E-state index < -0.39 is 0 Å². The van der Waals surface area contributed by atoms with Crippen molar-refractivity contribution in [3.63, 3.8) is 0 Å². The lowest BCUT2D eigenvalue weighted by Crippen LogP contribution is -2.01. The molecule has 0 fully saturated rings. The number of hydrogen-bond acceptors (Lipinski definition) is 3. The molecule has 22 heavy (non-hydrogen) atoms. The standard InChI is InChI=1S/C17H16BrN3S/c1-2-16-19-20-17(21(16)15-9-4-3-5-10-15)22-12-13-7-6-8-14(18)11-13/h3-11H,2,12H2,1H3. The molecular formula is C17H16BrN3S. The van der Waals surface area contributed by atoms with Crippen LogP contribution < -0.4 is 0 Å². The van der Waals surface area contributed by atoms with Crippen molar-refractivity contribution < 1.29 is 0 Å². The summed E-state index contributed by atoms with van der Waals surface area (Å²) in [5.74, 6) is 1.86. The topological polar surface area (TPSA) is 30.7 Å². The Morgan fingerprint density at radius 1 is 1.05 bits per heavy atom. The van der Waals surface area contributed by atoms with Crippen molar-refractivity contribution >= 4 is 27.7 Å². The van der Waals surface area contributed by atoms with Crippen LogP contribution in [-0.4, -0.2) is 14.8 Å². The third kappa shape index (κ3) is 3.42. The quantitative estimate of drug-likeness (QED) is 0.596. The van der Waals surface area contributed by atoms with E-state index in [9.17, 15) is 0 Å². The van der Waals surface area contributed by atoms with Gasteiger partial charge < -0.3 is 0 Å². The highest BCUT2D eigenvalue weighted by molar-refractivity contribution is 9.10. The number of aromatic nitrogens is 3. The van der Waals surface area contributed by atoms with Gasteiger partial charge in [-0.2, -0.15) is 0 Å². The largest absolute Gasteiger partial charge is 0.274 e. The number of aryl methyl sites for hydroxylation is 1. The molecular weight excluding hydrogens is 358 g/mol. The minimum Gasteiger partial charge on any atom is -0.274 e. The van der Waals surface area contributed by atoms with Gasteiger partial charge in [0.25, 0.3) is 0 Å². The van der Waals surface area contributed by atoms with Crippen LogP contribution in [0.25, 0.3) is 5.69 Å². The van der Waals surface area contributed by atoms with E-state index in [2.05, 4.69) is 67.9 Å². The summed E-state index contributed by atoms with van der Waals surface area (Å²) in [4.78, 5) is 0. The molecule has 3 aromatic rings. The molecule has 0 saturated carbocycles. The zero-order valence-electron chi connectivity index (χ0n) is 12.2. The lowest BCUT2D eigenvalue weighted by atomic mass is 10.2. The number of hydrogen-bond donors (Lipinski definition) is 0. The maximum absolute atomic E-state index is 4.37. The molecule has 0 radical (unpaired) electrons. The summed E-state index contributed by atoms with van der Waals surface area (Å²) in [5, 5.41) is 9.62. The van der Waals surface area contributed by atoms with E-state index in [1.807, 2.05) is 24.3 Å². The van der Waals surface area contributed by atoms with Crippen molar-refractivity contribution in [3.8, 4) is 5.69 Å². The maximum atomic E-state index is 4.37. The predicted molar refractivity (Wildman–Crippen MR) is 94.4 cm³/mol. The molecule has 2 aromatic carbocycles. The third-order valence-electron chi connectivity index (χ3n) is 3.29. The second-order valence-electron chi connectivity index (χ2n) is 4.84. The van der Waals surface area contributed by atoms with Crippen LogP contribution in [0.2, 0.25) is 0 Å². The van der Waals surface area contributed by atoms with Gasteiger partial charge in [0.15, 0.2) is 5.16 Å². The number of para-hydroxylation sites is 1. The Bertz CT molecular complexity index is 756. The molecule has 1 heterocycles. The first-order valence-corrected chi connectivity index (χ1v) is 8.92. The Morgan fingerprint density at radius 3 is 2.59 bits per heavy atom. The first-order chi connectivity index (χ1) is 10.8. The molecule has 5 heteroatoms. The van der Waals surface area contributed by atoms with E-state index in [0.717, 1.165) is 33.3 Å². The highest BCUT2D eigenvalue weighted by Gasteiger charge is 2.13. The first-order valence-electron chi connectivity index (χ1n) is 7.15. The molecule has 0 unspecified atom stereocenters. The normalized spacial score (nSPS) is 10.8. The van der Waals surface area contributed by atoms with E-state index in [1.165, 1.54) is 5.56 Å². The average Bonchev–Trinajstić information content (AvgIpc) is 2.97. The number of halogens is 1. The Kier molecular flexibility index (Phi) is 4.95. The summed E-state index contributed by atoms with van der Waals surface area (Å²) in [7, 11) is 0. The second kappa shape index (κ2) is 7.11. The van der Waals surface area contributed by atoms with Gasteiger partial charge in [0.2, 0.25) is 0 Å². The summed E-state index contributed by atoms with van der Waals surface area (Å²) in [6.45, 7) is 2.10. The van der Waals surface area contributed by atoms with Crippen molar-refractivity contribution in [2.24, 2.45) is 0 Å². The highest BCUT2D eigenvalue weighted by Crippen LogP contribution is 2.26. The molecule has 0 aliphatic heterocycles. The summed E-state index contributed by atoms with van der Waals surface area (Å²) in [6.07, 6.45) is 0.860. The van der Waals surface area contributed by atoms with Crippen LogP contribution in [0, 0.1) is 0 Å². The fourth-order valence-electron chi connectivity index (χ4n) is 2.23. The van der Waals surface area contributed by atoms with Crippen molar-refractivity contribution in [1.82, 2.24) is 14.8 Å². The summed E-state index contributed by atoms with van der Waals surface area (Å²) in [6, 6.07) is 18.6. The van der Waals surface area contributed by atoms with Crippen molar-refractivity contribution in [3.05, 3.63) is 70.5 Å². The highest BCUT2D eigenvalue weighted by atomic mass is 79.9. The van der Waals surface area contributed by atoms with Gasteiger partial charge in [-0.15, -0.1) is 10.2 Å². The first kappa shape index (κ1) is 15.3. The van der Waals surface area contributed by atoms with Crippen LogP contribution in [0.5, 0.6) is 0 Å². The molecule has 0 atom stereocenters. The van der Waals surface area contributed by atoms with Gasteiger partial charge >= 0.3 is 0 Å². The minimum absolute atomic E-state index is 0.860. The SMILES string of the molecule is CCc1nnc(SCc2cccc(Br)c2)n1-c1ccccc1. The molecule has 0 aliphatic carbocycles. The molecule has 3 nitrogen and oxygen atoms in total. The van der Waals surface area contributed by atoms with Crippen LogP contribution >= 0.6 is 27.7 Å². The van der Waals surface area contributed by atoms with Crippen molar-refractivity contribution in [1.29, 1.82) is 0 Å². The number of benzene rings is 2. The molecule has 0 spiro atoms. The predicted octanol–water partition coefficient (Wildman–Crippen LogP) is 4.88. The van der Waals surface area contributed by atoms with Gasteiger partial charge in [-0.3, -0.25) is 4.57 Å². The van der Waals surface area contributed by atoms with Gasteiger partial charge in [-0.25, -0.2) is 0 Å². The smallest absolute Gasteiger partial charge is 0.196 e. The van der Waals surface area contributed by atoms with Crippen LogP contribution in [0.15, 0.2) is 64.2 Å². The number of rotatable bonds is 5. The molecule has 0 aliphatic rings. The second-order valence-corrected chi connectivity index (χ2v) is 6.70. The van der Waals surface area contributed by atoms with Crippen molar-refractivity contribution in [2.75, 3.05) is 0 Å². The van der Waals surface area contributed by atoms with Crippen LogP contribution in [-0.2, 0) is 12.2 Å².